The lowest BCUT2D eigenvalue weighted by Gasteiger charge is -2.32. The number of fused-ring (bicyclic) bond motifs is 1. The summed E-state index contributed by atoms with van der Waals surface area (Å²) in [6, 6.07) is 13.7. The number of likely N-dealkylation sites (N-methyl/N-ethyl adjacent to an activating group) is 1. The maximum atomic E-state index is 13.3. The lowest BCUT2D eigenvalue weighted by molar-refractivity contribution is -0.117. The van der Waals surface area contributed by atoms with Crippen LogP contribution in [0, 0.1) is 12.7 Å². The molecule has 3 aromatic rings. The molecule has 1 atom stereocenters. The number of ether oxygens (including phenoxy) is 1. The van der Waals surface area contributed by atoms with Crippen molar-refractivity contribution in [2.45, 2.75) is 40.5 Å². The lowest BCUT2D eigenvalue weighted by Crippen LogP contribution is -2.44. The van der Waals surface area contributed by atoms with Crippen molar-refractivity contribution in [3.05, 3.63) is 71.2 Å². The molecule has 4 rings (SSSR count). The van der Waals surface area contributed by atoms with Crippen LogP contribution in [0.5, 0.6) is 5.75 Å². The Morgan fingerprint density at radius 3 is 2.62 bits per heavy atom. The minimum absolute atomic E-state index is 0. The molecule has 0 spiro atoms. The Bertz CT molecular complexity index is 1100. The number of halogens is 1. The number of hydrogen-bond donors (Lipinski definition) is 2. The normalized spacial score (nSPS) is 14.8. The molecular formula is C24H28FN5O2. The quantitative estimate of drug-likeness (QED) is 0.590. The largest absolute Gasteiger partial charge is 0.489 e. The molecule has 0 bridgehead atoms. The van der Waals surface area contributed by atoms with Crippen LogP contribution in [0.1, 0.15) is 31.2 Å². The number of hydrogen-bond acceptors (Lipinski definition) is 6. The van der Waals surface area contributed by atoms with Crippen LogP contribution in [-0.4, -0.2) is 29.0 Å². The average Bonchev–Trinajstić information content (AvgIpc) is 2.76. The van der Waals surface area contributed by atoms with Gasteiger partial charge in [-0.25, -0.2) is 9.37 Å². The molecule has 2 heterocycles. The molecule has 168 valence electrons. The second kappa shape index (κ2) is 9.64. The van der Waals surface area contributed by atoms with Gasteiger partial charge >= 0.3 is 0 Å². The number of aryl methyl sites for hydroxylation is 1. The first kappa shape index (κ1) is 23.0. The molecule has 2 aromatic carbocycles. The van der Waals surface area contributed by atoms with E-state index in [9.17, 15) is 9.18 Å². The first-order valence-corrected chi connectivity index (χ1v) is 10.0. The van der Waals surface area contributed by atoms with Crippen LogP contribution in [0.15, 0.2) is 48.5 Å². The molecule has 1 aliphatic heterocycles. The summed E-state index contributed by atoms with van der Waals surface area (Å²) in [5, 5.41) is 6.11. The highest BCUT2D eigenvalue weighted by atomic mass is 19.1. The number of carbonyl (C=O) groups excluding carboxylic acids is 1. The highest BCUT2D eigenvalue weighted by Crippen LogP contribution is 2.32. The molecule has 0 saturated carbocycles. The summed E-state index contributed by atoms with van der Waals surface area (Å²) in [7, 11) is 1.85. The topological polar surface area (TPSA) is 79.4 Å². The second-order valence-electron chi connectivity index (χ2n) is 7.52. The Morgan fingerprint density at radius 1 is 1.16 bits per heavy atom. The van der Waals surface area contributed by atoms with Crippen LogP contribution in [0.3, 0.4) is 0 Å². The first-order valence-electron chi connectivity index (χ1n) is 10.0. The van der Waals surface area contributed by atoms with Gasteiger partial charge < -0.3 is 20.3 Å². The molecule has 7 nitrogen and oxygen atoms in total. The van der Waals surface area contributed by atoms with Crippen molar-refractivity contribution in [3.63, 3.8) is 0 Å². The molecule has 0 saturated heterocycles. The van der Waals surface area contributed by atoms with Gasteiger partial charge in [-0.1, -0.05) is 31.7 Å². The fourth-order valence-corrected chi connectivity index (χ4v) is 3.30. The van der Waals surface area contributed by atoms with Crippen LogP contribution >= 0.6 is 0 Å². The molecule has 8 heteroatoms. The summed E-state index contributed by atoms with van der Waals surface area (Å²) < 4.78 is 19.0. The molecule has 0 radical (unpaired) electrons. The maximum Gasteiger partial charge on any atom is 0.246 e. The molecule has 32 heavy (non-hydrogen) atoms. The summed E-state index contributed by atoms with van der Waals surface area (Å²) >= 11 is 0. The smallest absolute Gasteiger partial charge is 0.246 e. The van der Waals surface area contributed by atoms with Crippen LogP contribution in [-0.2, 0) is 17.9 Å². The number of anilines is 3. The van der Waals surface area contributed by atoms with Crippen molar-refractivity contribution in [2.24, 2.45) is 0 Å². The Kier molecular flexibility index (Phi) is 6.92. The van der Waals surface area contributed by atoms with E-state index in [0.717, 1.165) is 11.1 Å². The lowest BCUT2D eigenvalue weighted by atomic mass is 10.2. The minimum Gasteiger partial charge on any atom is -0.489 e. The zero-order valence-electron chi connectivity index (χ0n) is 17.6. The number of aromatic nitrogens is 2. The van der Waals surface area contributed by atoms with E-state index < -0.39 is 0 Å². The predicted octanol–water partition coefficient (Wildman–Crippen LogP) is 4.53. The number of benzene rings is 2. The van der Waals surface area contributed by atoms with E-state index in [0.29, 0.717) is 42.0 Å². The van der Waals surface area contributed by atoms with E-state index in [4.69, 9.17) is 4.74 Å². The first-order chi connectivity index (χ1) is 14.9. The Labute approximate surface area is 187 Å². The SMILES string of the molecule is C.Cc1nc(NCc2ccc(OCc3cccc(F)c3)cc2)nc2c1NC(=O)[C@H](C)N2C. The molecular weight excluding hydrogens is 409 g/mol. The van der Waals surface area contributed by atoms with Crippen LogP contribution < -0.4 is 20.3 Å². The van der Waals surface area contributed by atoms with Gasteiger partial charge in [0.2, 0.25) is 11.9 Å². The second-order valence-corrected chi connectivity index (χ2v) is 7.52. The third kappa shape index (κ3) is 4.96. The third-order valence-corrected chi connectivity index (χ3v) is 5.28. The van der Waals surface area contributed by atoms with Gasteiger partial charge in [0.15, 0.2) is 5.82 Å². The number of amides is 1. The summed E-state index contributed by atoms with van der Waals surface area (Å²) in [6.07, 6.45) is 0. The zero-order valence-corrected chi connectivity index (χ0v) is 17.6. The van der Waals surface area contributed by atoms with Crippen LogP contribution in [0.25, 0.3) is 0 Å². The van der Waals surface area contributed by atoms with Crippen molar-refractivity contribution in [2.75, 3.05) is 22.6 Å². The number of nitrogens with zero attached hydrogens (tertiary/aromatic N) is 3. The molecule has 1 amide bonds. The number of carbonyl (C=O) groups is 1. The number of nitrogens with one attached hydrogen (secondary N) is 2. The maximum absolute atomic E-state index is 13.3. The van der Waals surface area contributed by atoms with Gasteiger partial charge in [0, 0.05) is 13.6 Å². The van der Waals surface area contributed by atoms with Crippen molar-refractivity contribution in [3.8, 4) is 5.75 Å². The standard InChI is InChI=1S/C23H24FN5O2.CH4/c1-14-20-21(29(3)15(2)22(30)27-20)28-23(26-14)25-12-16-7-9-19(10-8-16)31-13-17-5-4-6-18(24)11-17;/h4-11,15H,12-13H2,1-3H3,(H,27,30)(H,25,26,28);1H4/t15-;/m0./s1. The van der Waals surface area contributed by atoms with Gasteiger partial charge in [0.05, 0.1) is 5.69 Å². The molecule has 0 fully saturated rings. The Balaban J connectivity index is 0.00000289. The molecule has 0 unspecified atom stereocenters. The fourth-order valence-electron chi connectivity index (χ4n) is 3.30. The summed E-state index contributed by atoms with van der Waals surface area (Å²) in [4.78, 5) is 22.9. The van der Waals surface area contributed by atoms with E-state index in [1.165, 1.54) is 12.1 Å². The van der Waals surface area contributed by atoms with Gasteiger partial charge in [-0.2, -0.15) is 4.98 Å². The summed E-state index contributed by atoms with van der Waals surface area (Å²) in [6.45, 7) is 4.52. The fraction of sp³-hybridized carbons (Fsp3) is 0.292. The van der Waals surface area contributed by atoms with E-state index in [1.54, 1.807) is 6.07 Å². The van der Waals surface area contributed by atoms with Crippen LogP contribution in [0.4, 0.5) is 21.8 Å². The highest BCUT2D eigenvalue weighted by molar-refractivity contribution is 6.03. The van der Waals surface area contributed by atoms with Gasteiger partial charge in [0.25, 0.3) is 0 Å². The van der Waals surface area contributed by atoms with Crippen molar-refractivity contribution in [1.29, 1.82) is 0 Å². The van der Waals surface area contributed by atoms with Gasteiger partial charge in [-0.05, 0) is 49.2 Å². The van der Waals surface area contributed by atoms with E-state index in [-0.39, 0.29) is 25.2 Å². The predicted molar refractivity (Wildman–Crippen MR) is 124 cm³/mol. The van der Waals surface area contributed by atoms with Gasteiger partial charge in [0.1, 0.15) is 29.9 Å². The summed E-state index contributed by atoms with van der Waals surface area (Å²) in [5.74, 6) is 1.56. The summed E-state index contributed by atoms with van der Waals surface area (Å²) in [5.41, 5.74) is 3.17. The van der Waals surface area contributed by atoms with Crippen LogP contribution in [0.2, 0.25) is 0 Å². The van der Waals surface area contributed by atoms with E-state index >= 15 is 0 Å². The Hall–Kier alpha value is -3.68. The van der Waals surface area contributed by atoms with E-state index in [2.05, 4.69) is 20.6 Å². The average molecular weight is 438 g/mol. The zero-order chi connectivity index (χ0) is 22.0. The minimum atomic E-state index is -0.297. The Morgan fingerprint density at radius 2 is 1.91 bits per heavy atom. The van der Waals surface area contributed by atoms with Crippen molar-refractivity contribution in [1.82, 2.24) is 9.97 Å². The van der Waals surface area contributed by atoms with E-state index in [1.807, 2.05) is 56.1 Å². The molecule has 1 aromatic heterocycles. The van der Waals surface area contributed by atoms with Gasteiger partial charge in [-0.3, -0.25) is 4.79 Å². The van der Waals surface area contributed by atoms with Gasteiger partial charge in [-0.15, -0.1) is 0 Å². The monoisotopic (exact) mass is 437 g/mol. The molecule has 1 aliphatic rings. The third-order valence-electron chi connectivity index (χ3n) is 5.28. The number of rotatable bonds is 6. The van der Waals surface area contributed by atoms with Crippen molar-refractivity contribution >= 4 is 23.4 Å². The molecule has 0 aliphatic carbocycles. The molecule has 2 N–H and O–H groups in total. The van der Waals surface area contributed by atoms with Crippen molar-refractivity contribution < 1.29 is 13.9 Å². The highest BCUT2D eigenvalue weighted by Gasteiger charge is 2.30.